The lowest BCUT2D eigenvalue weighted by molar-refractivity contribution is -0.105. The van der Waals surface area contributed by atoms with E-state index in [4.69, 9.17) is 0 Å². The van der Waals surface area contributed by atoms with Crippen molar-refractivity contribution in [2.24, 2.45) is 0 Å². The fraction of sp³-hybridized carbons (Fsp3) is 0.471. The molecule has 0 atom stereocenters. The van der Waals surface area contributed by atoms with Gasteiger partial charge >= 0.3 is 6.18 Å². The van der Waals surface area contributed by atoms with Gasteiger partial charge in [-0.1, -0.05) is 11.3 Å². The van der Waals surface area contributed by atoms with Crippen molar-refractivity contribution in [2.45, 2.75) is 36.9 Å². The van der Waals surface area contributed by atoms with Crippen molar-refractivity contribution in [3.8, 4) is 0 Å². The molecule has 0 unspecified atom stereocenters. The van der Waals surface area contributed by atoms with E-state index in [0.717, 1.165) is 31.5 Å². The molecule has 0 bridgehead atoms. The lowest BCUT2D eigenvalue weighted by Crippen LogP contribution is -2.29. The topological polar surface area (TPSA) is 71.8 Å². The number of hydrogen-bond donors (Lipinski definition) is 2. The van der Waals surface area contributed by atoms with Crippen LogP contribution in [0.3, 0.4) is 0 Å². The van der Waals surface area contributed by atoms with Gasteiger partial charge in [0.25, 0.3) is 5.91 Å². The van der Waals surface area contributed by atoms with Crippen LogP contribution in [0.2, 0.25) is 0 Å². The Kier molecular flexibility index (Phi) is 7.73. The molecule has 3 rings (SSSR count). The van der Waals surface area contributed by atoms with Crippen LogP contribution in [0.5, 0.6) is 0 Å². The fourth-order valence-electron chi connectivity index (χ4n) is 2.84. The molecular weight excluding hydrogens is 415 g/mol. The van der Waals surface area contributed by atoms with Crippen LogP contribution in [0, 0.1) is 6.92 Å². The molecule has 28 heavy (non-hydrogen) atoms. The van der Waals surface area contributed by atoms with Gasteiger partial charge in [0.1, 0.15) is 0 Å². The van der Waals surface area contributed by atoms with Gasteiger partial charge in [0.05, 0.1) is 23.7 Å². The first-order valence-electron chi connectivity index (χ1n) is 8.56. The van der Waals surface area contributed by atoms with Gasteiger partial charge in [0, 0.05) is 4.90 Å². The highest BCUT2D eigenvalue weighted by Crippen LogP contribution is 2.33. The average molecular weight is 436 g/mol. The highest BCUT2D eigenvalue weighted by Gasteiger charge is 2.28. The van der Waals surface area contributed by atoms with Gasteiger partial charge in [0.15, 0.2) is 5.69 Å². The first kappa shape index (κ1) is 22.5. The van der Waals surface area contributed by atoms with Crippen LogP contribution in [0.4, 0.5) is 18.9 Å². The Hall–Kier alpha value is -1.78. The van der Waals surface area contributed by atoms with Crippen molar-refractivity contribution in [3.63, 3.8) is 0 Å². The monoisotopic (exact) mass is 435 g/mol. The predicted octanol–water partition coefficient (Wildman–Crippen LogP) is 3.84. The van der Waals surface area contributed by atoms with Crippen molar-refractivity contribution < 1.29 is 18.0 Å². The first-order chi connectivity index (χ1) is 12.8. The predicted molar refractivity (Wildman–Crippen MR) is 104 cm³/mol. The van der Waals surface area contributed by atoms with Gasteiger partial charge in [0.2, 0.25) is 0 Å². The number of anilines is 1. The van der Waals surface area contributed by atoms with E-state index in [9.17, 15) is 18.0 Å². The molecule has 1 amide bonds. The zero-order chi connectivity index (χ0) is 19.4. The second-order valence-corrected chi connectivity index (χ2v) is 7.44. The van der Waals surface area contributed by atoms with E-state index >= 15 is 0 Å². The number of carbonyl (C=O) groups excluding carboxylic acids is 1. The summed E-state index contributed by atoms with van der Waals surface area (Å²) in [5.41, 5.74) is 1.31. The van der Waals surface area contributed by atoms with E-state index < -0.39 is 17.8 Å². The van der Waals surface area contributed by atoms with E-state index in [1.54, 1.807) is 36.0 Å². The summed E-state index contributed by atoms with van der Waals surface area (Å²) in [6.07, 6.45) is -0.890. The van der Waals surface area contributed by atoms with Gasteiger partial charge in [-0.25, -0.2) is 4.68 Å². The minimum atomic E-state index is -4.28. The van der Waals surface area contributed by atoms with Crippen molar-refractivity contribution in [1.29, 1.82) is 0 Å². The molecular formula is C17H21ClF3N5OS. The normalized spacial score (nSPS) is 15.1. The Morgan fingerprint density at radius 3 is 2.75 bits per heavy atom. The summed E-state index contributed by atoms with van der Waals surface area (Å²) in [4.78, 5) is 12.9. The number of alkyl halides is 3. The first-order valence-corrected chi connectivity index (χ1v) is 9.54. The Morgan fingerprint density at radius 1 is 1.36 bits per heavy atom. The molecule has 1 fully saturated rings. The zero-order valence-electron chi connectivity index (χ0n) is 15.1. The lowest BCUT2D eigenvalue weighted by Gasteiger charge is -2.22. The number of halogens is 4. The summed E-state index contributed by atoms with van der Waals surface area (Å²) < 4.78 is 39.3. The maximum Gasteiger partial charge on any atom is 0.398 e. The number of benzene rings is 1. The number of carbonyl (C=O) groups is 1. The summed E-state index contributed by atoms with van der Waals surface area (Å²) in [5.74, 6) is -1.51. The van der Waals surface area contributed by atoms with Crippen LogP contribution in [0.25, 0.3) is 0 Å². The Bertz CT molecular complexity index is 808. The summed E-state index contributed by atoms with van der Waals surface area (Å²) in [6, 6.07) is 5.13. The molecule has 2 aromatic rings. The quantitative estimate of drug-likeness (QED) is 0.698. The third-order valence-corrected chi connectivity index (χ3v) is 5.34. The SMILES string of the molecule is Cc1ccc(SCC(F)(F)F)c(NC(=O)c2cn(C3CCNCC3)nn2)c1.Cl. The fourth-order valence-corrected chi connectivity index (χ4v) is 3.59. The van der Waals surface area contributed by atoms with Gasteiger partial charge in [-0.15, -0.1) is 29.3 Å². The summed E-state index contributed by atoms with van der Waals surface area (Å²) >= 11 is 0.640. The molecule has 1 aromatic carbocycles. The number of rotatable bonds is 5. The minimum absolute atomic E-state index is 0. The molecule has 1 saturated heterocycles. The zero-order valence-corrected chi connectivity index (χ0v) is 16.8. The molecule has 6 nitrogen and oxygen atoms in total. The highest BCUT2D eigenvalue weighted by molar-refractivity contribution is 7.99. The molecule has 1 aliphatic heterocycles. The Labute approximate surface area is 171 Å². The molecule has 1 aromatic heterocycles. The standard InChI is InChI=1S/C17H20F3N5OS.ClH/c1-11-2-3-15(27-10-17(18,19)20)13(8-11)22-16(26)14-9-25(24-23-14)12-4-6-21-7-5-12;/h2-3,8-9,12,21H,4-7,10H2,1H3,(H,22,26);1H. The van der Waals surface area contributed by atoms with Gasteiger partial charge < -0.3 is 10.6 Å². The van der Waals surface area contributed by atoms with Gasteiger partial charge in [-0.05, 0) is 50.6 Å². The number of aromatic nitrogens is 3. The molecule has 0 radical (unpaired) electrons. The smallest absolute Gasteiger partial charge is 0.319 e. The number of aryl methyl sites for hydroxylation is 1. The van der Waals surface area contributed by atoms with Gasteiger partial charge in [-0.2, -0.15) is 13.2 Å². The maximum absolute atomic E-state index is 12.5. The van der Waals surface area contributed by atoms with Crippen molar-refractivity contribution >= 4 is 35.8 Å². The van der Waals surface area contributed by atoms with Crippen LogP contribution >= 0.6 is 24.2 Å². The van der Waals surface area contributed by atoms with E-state index in [1.807, 2.05) is 0 Å². The third-order valence-electron chi connectivity index (χ3n) is 4.20. The second-order valence-electron chi connectivity index (χ2n) is 6.42. The molecule has 0 aliphatic carbocycles. The van der Waals surface area contributed by atoms with Crippen LogP contribution in [-0.4, -0.2) is 45.9 Å². The maximum atomic E-state index is 12.5. The van der Waals surface area contributed by atoms with Crippen LogP contribution in [0.15, 0.2) is 29.3 Å². The number of piperidine rings is 1. The largest absolute Gasteiger partial charge is 0.398 e. The van der Waals surface area contributed by atoms with E-state index in [2.05, 4.69) is 20.9 Å². The number of nitrogens with zero attached hydrogens (tertiary/aromatic N) is 3. The van der Waals surface area contributed by atoms with E-state index in [0.29, 0.717) is 22.3 Å². The van der Waals surface area contributed by atoms with Crippen LogP contribution in [-0.2, 0) is 0 Å². The van der Waals surface area contributed by atoms with Crippen LogP contribution in [0.1, 0.15) is 34.9 Å². The average Bonchev–Trinajstić information content (AvgIpc) is 3.11. The summed E-state index contributed by atoms with van der Waals surface area (Å²) in [5, 5.41) is 13.9. The molecule has 154 valence electrons. The summed E-state index contributed by atoms with van der Waals surface area (Å²) in [7, 11) is 0. The lowest BCUT2D eigenvalue weighted by atomic mass is 10.1. The van der Waals surface area contributed by atoms with E-state index in [1.165, 1.54) is 0 Å². The molecule has 1 aliphatic rings. The number of thioether (sulfide) groups is 1. The summed E-state index contributed by atoms with van der Waals surface area (Å²) in [6.45, 7) is 3.57. The molecule has 11 heteroatoms. The Balaban J connectivity index is 0.00000280. The highest BCUT2D eigenvalue weighted by atomic mass is 35.5. The minimum Gasteiger partial charge on any atom is -0.319 e. The molecule has 2 N–H and O–H groups in total. The van der Waals surface area contributed by atoms with E-state index in [-0.39, 0.29) is 24.1 Å². The van der Waals surface area contributed by atoms with Crippen molar-refractivity contribution in [3.05, 3.63) is 35.7 Å². The van der Waals surface area contributed by atoms with Crippen molar-refractivity contribution in [1.82, 2.24) is 20.3 Å². The number of amides is 1. The van der Waals surface area contributed by atoms with Crippen LogP contribution < -0.4 is 10.6 Å². The second kappa shape index (κ2) is 9.62. The number of hydrogen-bond acceptors (Lipinski definition) is 5. The van der Waals surface area contributed by atoms with Crippen molar-refractivity contribution in [2.75, 3.05) is 24.2 Å². The van der Waals surface area contributed by atoms with Gasteiger partial charge in [-0.3, -0.25) is 4.79 Å². The Morgan fingerprint density at radius 2 is 2.07 bits per heavy atom. The third kappa shape index (κ3) is 6.11. The number of nitrogens with one attached hydrogen (secondary N) is 2. The molecule has 0 spiro atoms. The molecule has 2 heterocycles. The molecule has 0 saturated carbocycles.